The Morgan fingerprint density at radius 2 is 1.69 bits per heavy atom. The van der Waals surface area contributed by atoms with Crippen molar-refractivity contribution in [1.82, 2.24) is 20.0 Å². The summed E-state index contributed by atoms with van der Waals surface area (Å²) in [5.41, 5.74) is -0.632. The number of amides is 3. The molecule has 1 spiro atoms. The second kappa shape index (κ2) is 8.90. The minimum absolute atomic E-state index is 0.0298. The number of nitrogens with one attached hydrogen (secondary N) is 1. The maximum Gasteiger partial charge on any atom is 0.326 e. The number of ether oxygens (including phenoxy) is 1. The molecule has 4 rings (SSSR count). The first kappa shape index (κ1) is 20.4. The van der Waals surface area contributed by atoms with E-state index in [9.17, 15) is 9.59 Å². The van der Waals surface area contributed by atoms with Crippen LogP contribution in [0.5, 0.6) is 5.75 Å². The van der Waals surface area contributed by atoms with Crippen LogP contribution in [0.2, 0.25) is 5.02 Å². The monoisotopic (exact) mass is 420 g/mol. The standard InChI is InChI=1S/C21H29ClN4O3/c22-17-6-2-3-7-18(17)29-15-14-24-10-12-25(13-11-24)16-26-19(27)21(23-20(26)28)8-4-1-5-9-21/h2-3,6-7H,1,4-5,8-16H2,(H,23,28). The Labute approximate surface area is 176 Å². The Bertz CT molecular complexity index is 745. The summed E-state index contributed by atoms with van der Waals surface area (Å²) in [6.45, 7) is 5.23. The largest absolute Gasteiger partial charge is 0.491 e. The number of carbonyl (C=O) groups is 2. The number of hydrogen-bond donors (Lipinski definition) is 1. The van der Waals surface area contributed by atoms with Crippen molar-refractivity contribution >= 4 is 23.5 Å². The summed E-state index contributed by atoms with van der Waals surface area (Å²) < 4.78 is 5.77. The first-order valence-electron chi connectivity index (χ1n) is 10.5. The lowest BCUT2D eigenvalue weighted by Crippen LogP contribution is -2.52. The number of hydrogen-bond acceptors (Lipinski definition) is 5. The lowest BCUT2D eigenvalue weighted by atomic mass is 9.82. The zero-order chi connectivity index (χ0) is 20.3. The molecule has 1 aromatic rings. The van der Waals surface area contributed by atoms with Gasteiger partial charge in [0.05, 0.1) is 11.7 Å². The molecular weight excluding hydrogens is 392 g/mol. The summed E-state index contributed by atoms with van der Waals surface area (Å²) in [5.74, 6) is 0.681. The SMILES string of the molecule is O=C1NC2(CCCCC2)C(=O)N1CN1CCN(CCOc2ccccc2Cl)CC1. The number of carbonyl (C=O) groups excluding carboxylic acids is 2. The summed E-state index contributed by atoms with van der Waals surface area (Å²) >= 11 is 6.11. The number of benzene rings is 1. The predicted molar refractivity (Wildman–Crippen MR) is 111 cm³/mol. The molecular formula is C21H29ClN4O3. The smallest absolute Gasteiger partial charge is 0.326 e. The molecule has 0 radical (unpaired) electrons. The molecule has 7 nitrogen and oxygen atoms in total. The van der Waals surface area contributed by atoms with Gasteiger partial charge in [0.2, 0.25) is 0 Å². The molecule has 3 aliphatic rings. The van der Waals surface area contributed by atoms with E-state index in [4.69, 9.17) is 16.3 Å². The lowest BCUT2D eigenvalue weighted by Gasteiger charge is -2.36. The van der Waals surface area contributed by atoms with Gasteiger partial charge in [-0.05, 0) is 25.0 Å². The van der Waals surface area contributed by atoms with Crippen molar-refractivity contribution in [3.8, 4) is 5.75 Å². The average molecular weight is 421 g/mol. The molecule has 3 fully saturated rings. The molecule has 0 atom stereocenters. The van der Waals surface area contributed by atoms with Crippen molar-refractivity contribution in [2.75, 3.05) is 46.0 Å². The molecule has 0 aromatic heterocycles. The summed E-state index contributed by atoms with van der Waals surface area (Å²) in [5, 5.41) is 3.61. The highest BCUT2D eigenvalue weighted by atomic mass is 35.5. The van der Waals surface area contributed by atoms with Crippen LogP contribution in [-0.4, -0.2) is 78.2 Å². The Morgan fingerprint density at radius 3 is 2.41 bits per heavy atom. The van der Waals surface area contributed by atoms with E-state index in [1.807, 2.05) is 24.3 Å². The third-order valence-corrected chi connectivity index (χ3v) is 6.57. The number of imide groups is 1. The highest BCUT2D eigenvalue weighted by molar-refractivity contribution is 6.32. The van der Waals surface area contributed by atoms with E-state index in [1.165, 1.54) is 4.90 Å². The van der Waals surface area contributed by atoms with Gasteiger partial charge in [-0.25, -0.2) is 9.69 Å². The molecule has 2 saturated heterocycles. The highest BCUT2D eigenvalue weighted by Crippen LogP contribution is 2.33. The number of para-hydroxylation sites is 1. The lowest BCUT2D eigenvalue weighted by molar-refractivity contribution is -0.134. The van der Waals surface area contributed by atoms with Gasteiger partial charge in [0.1, 0.15) is 17.9 Å². The van der Waals surface area contributed by atoms with E-state index in [1.54, 1.807) is 0 Å². The van der Waals surface area contributed by atoms with E-state index < -0.39 is 5.54 Å². The van der Waals surface area contributed by atoms with Gasteiger partial charge < -0.3 is 10.1 Å². The molecule has 0 unspecified atom stereocenters. The molecule has 29 heavy (non-hydrogen) atoms. The number of urea groups is 1. The quantitative estimate of drug-likeness (QED) is 0.716. The van der Waals surface area contributed by atoms with Crippen molar-refractivity contribution in [2.45, 2.75) is 37.6 Å². The summed E-state index contributed by atoms with van der Waals surface area (Å²) in [4.78, 5) is 31.3. The molecule has 3 amide bonds. The Balaban J connectivity index is 1.21. The Morgan fingerprint density at radius 1 is 1.00 bits per heavy atom. The van der Waals surface area contributed by atoms with E-state index in [0.29, 0.717) is 24.0 Å². The molecule has 1 saturated carbocycles. The number of piperazine rings is 1. The zero-order valence-corrected chi connectivity index (χ0v) is 17.5. The molecule has 1 aromatic carbocycles. The van der Waals surface area contributed by atoms with Crippen LogP contribution in [0.15, 0.2) is 24.3 Å². The van der Waals surface area contributed by atoms with Crippen LogP contribution in [0.3, 0.4) is 0 Å². The Hall–Kier alpha value is -1.83. The van der Waals surface area contributed by atoms with E-state index in [0.717, 1.165) is 64.8 Å². The van der Waals surface area contributed by atoms with Gasteiger partial charge in [-0.3, -0.25) is 14.6 Å². The molecule has 8 heteroatoms. The van der Waals surface area contributed by atoms with Crippen LogP contribution in [-0.2, 0) is 4.79 Å². The van der Waals surface area contributed by atoms with Crippen LogP contribution in [0.25, 0.3) is 0 Å². The van der Waals surface area contributed by atoms with Crippen LogP contribution in [0.4, 0.5) is 4.79 Å². The summed E-state index contributed by atoms with van der Waals surface area (Å²) in [6.07, 6.45) is 4.71. The van der Waals surface area contributed by atoms with E-state index >= 15 is 0 Å². The highest BCUT2D eigenvalue weighted by Gasteiger charge is 2.51. The van der Waals surface area contributed by atoms with Gasteiger partial charge in [0, 0.05) is 32.7 Å². The topological polar surface area (TPSA) is 65.1 Å². The molecule has 1 N–H and O–H groups in total. The predicted octanol–water partition coefficient (Wildman–Crippen LogP) is 2.55. The Kier molecular flexibility index (Phi) is 6.27. The van der Waals surface area contributed by atoms with Gasteiger partial charge in [0.25, 0.3) is 5.91 Å². The average Bonchev–Trinajstić information content (AvgIpc) is 2.95. The molecule has 2 heterocycles. The van der Waals surface area contributed by atoms with Crippen molar-refractivity contribution in [3.05, 3.63) is 29.3 Å². The fraction of sp³-hybridized carbons (Fsp3) is 0.619. The van der Waals surface area contributed by atoms with Crippen LogP contribution in [0, 0.1) is 0 Å². The van der Waals surface area contributed by atoms with Crippen molar-refractivity contribution in [3.63, 3.8) is 0 Å². The first-order valence-corrected chi connectivity index (χ1v) is 10.9. The fourth-order valence-corrected chi connectivity index (χ4v) is 4.69. The van der Waals surface area contributed by atoms with Gasteiger partial charge >= 0.3 is 6.03 Å². The van der Waals surface area contributed by atoms with E-state index in [-0.39, 0.29) is 11.9 Å². The molecule has 158 valence electrons. The number of nitrogens with zero attached hydrogens (tertiary/aromatic N) is 3. The van der Waals surface area contributed by atoms with Gasteiger partial charge in [-0.1, -0.05) is 43.0 Å². The minimum atomic E-state index is -0.632. The van der Waals surface area contributed by atoms with Crippen LogP contribution < -0.4 is 10.1 Å². The van der Waals surface area contributed by atoms with Crippen molar-refractivity contribution in [1.29, 1.82) is 0 Å². The van der Waals surface area contributed by atoms with Gasteiger partial charge in [-0.2, -0.15) is 0 Å². The second-order valence-corrected chi connectivity index (χ2v) is 8.59. The maximum atomic E-state index is 12.9. The maximum absolute atomic E-state index is 12.9. The molecule has 2 aliphatic heterocycles. The van der Waals surface area contributed by atoms with Crippen molar-refractivity contribution < 1.29 is 14.3 Å². The minimum Gasteiger partial charge on any atom is -0.491 e. The first-order chi connectivity index (χ1) is 14.1. The van der Waals surface area contributed by atoms with Gasteiger partial charge in [-0.15, -0.1) is 0 Å². The molecule has 0 bridgehead atoms. The van der Waals surface area contributed by atoms with Crippen molar-refractivity contribution in [2.24, 2.45) is 0 Å². The van der Waals surface area contributed by atoms with Gasteiger partial charge in [0.15, 0.2) is 0 Å². The third kappa shape index (κ3) is 4.52. The van der Waals surface area contributed by atoms with E-state index in [2.05, 4.69) is 15.1 Å². The summed E-state index contributed by atoms with van der Waals surface area (Å²) in [6, 6.07) is 7.26. The van der Waals surface area contributed by atoms with Crippen LogP contribution in [0.1, 0.15) is 32.1 Å². The fourth-order valence-electron chi connectivity index (χ4n) is 4.50. The summed E-state index contributed by atoms with van der Waals surface area (Å²) in [7, 11) is 0. The second-order valence-electron chi connectivity index (χ2n) is 8.19. The van der Waals surface area contributed by atoms with Crippen LogP contribution >= 0.6 is 11.6 Å². The normalized spacial score (nSPS) is 22.9. The number of halogens is 1. The zero-order valence-electron chi connectivity index (χ0n) is 16.7. The molecule has 1 aliphatic carbocycles. The third-order valence-electron chi connectivity index (χ3n) is 6.26. The number of rotatable bonds is 6.